The first-order chi connectivity index (χ1) is 16.1. The van der Waals surface area contributed by atoms with Crippen molar-refractivity contribution in [2.75, 3.05) is 33.3 Å². The van der Waals surface area contributed by atoms with E-state index in [1.807, 2.05) is 23.3 Å². The van der Waals surface area contributed by atoms with Crippen molar-refractivity contribution in [2.24, 2.45) is 5.92 Å². The first kappa shape index (κ1) is 23.5. The van der Waals surface area contributed by atoms with E-state index >= 15 is 0 Å². The SMILES string of the molecule is Cc1ccsc1C(=O)N1CCC[C@H](COc2ccc(CN(C)CCc3ccccc3)cc2)C1. The summed E-state index contributed by atoms with van der Waals surface area (Å²) >= 11 is 1.54. The fraction of sp³-hybridized carbons (Fsp3) is 0.393. The first-order valence-electron chi connectivity index (χ1n) is 11.9. The van der Waals surface area contributed by atoms with Crippen molar-refractivity contribution in [3.8, 4) is 5.75 Å². The van der Waals surface area contributed by atoms with Crippen molar-refractivity contribution in [2.45, 2.75) is 32.7 Å². The maximum Gasteiger partial charge on any atom is 0.264 e. The molecule has 1 amide bonds. The van der Waals surface area contributed by atoms with Crippen LogP contribution in [0.2, 0.25) is 0 Å². The Labute approximate surface area is 201 Å². The molecule has 2 aromatic carbocycles. The molecule has 0 aliphatic carbocycles. The van der Waals surface area contributed by atoms with E-state index in [2.05, 4.69) is 66.5 Å². The van der Waals surface area contributed by atoms with Crippen LogP contribution in [0.5, 0.6) is 5.75 Å². The number of carbonyl (C=O) groups is 1. The van der Waals surface area contributed by atoms with E-state index in [0.717, 1.165) is 61.6 Å². The molecule has 0 radical (unpaired) electrons. The average Bonchev–Trinajstić information content (AvgIpc) is 3.28. The number of amides is 1. The number of thiophene rings is 1. The number of hydrogen-bond donors (Lipinski definition) is 0. The minimum Gasteiger partial charge on any atom is -0.493 e. The van der Waals surface area contributed by atoms with Crippen LogP contribution in [-0.4, -0.2) is 49.0 Å². The molecule has 1 aromatic heterocycles. The summed E-state index contributed by atoms with van der Waals surface area (Å²) in [5.74, 6) is 1.46. The Morgan fingerprint density at radius 3 is 2.61 bits per heavy atom. The van der Waals surface area contributed by atoms with Crippen molar-refractivity contribution >= 4 is 17.2 Å². The highest BCUT2D eigenvalue weighted by molar-refractivity contribution is 7.12. The van der Waals surface area contributed by atoms with E-state index in [9.17, 15) is 4.79 Å². The summed E-state index contributed by atoms with van der Waals surface area (Å²) in [5, 5.41) is 2.00. The van der Waals surface area contributed by atoms with Crippen molar-refractivity contribution in [3.63, 3.8) is 0 Å². The molecular formula is C28H34N2O2S. The van der Waals surface area contributed by atoms with Crippen molar-refractivity contribution < 1.29 is 9.53 Å². The van der Waals surface area contributed by atoms with E-state index in [1.54, 1.807) is 11.3 Å². The van der Waals surface area contributed by atoms with Gasteiger partial charge < -0.3 is 14.5 Å². The zero-order valence-corrected chi connectivity index (χ0v) is 20.5. The molecule has 4 rings (SSSR count). The van der Waals surface area contributed by atoms with E-state index in [-0.39, 0.29) is 5.91 Å². The van der Waals surface area contributed by atoms with Crippen LogP contribution in [-0.2, 0) is 13.0 Å². The minimum absolute atomic E-state index is 0.174. The molecule has 0 bridgehead atoms. The third-order valence-corrected chi connectivity index (χ3v) is 7.35. The largest absolute Gasteiger partial charge is 0.493 e. The van der Waals surface area contributed by atoms with Gasteiger partial charge in [-0.05, 0) is 73.5 Å². The number of carbonyl (C=O) groups excluding carboxylic acids is 1. The second-order valence-corrected chi connectivity index (χ2v) is 10.0. The Morgan fingerprint density at radius 2 is 1.88 bits per heavy atom. The molecule has 174 valence electrons. The molecule has 33 heavy (non-hydrogen) atoms. The van der Waals surface area contributed by atoms with Crippen LogP contribution in [0, 0.1) is 12.8 Å². The van der Waals surface area contributed by atoms with Gasteiger partial charge in [-0.1, -0.05) is 42.5 Å². The van der Waals surface area contributed by atoms with Gasteiger partial charge in [-0.2, -0.15) is 0 Å². The standard InChI is InChI=1S/C28H34N2O2S/c1-22-15-18-33-27(22)28(31)30-16-6-9-25(20-30)21-32-26-12-10-24(11-13-26)19-29(2)17-14-23-7-4-3-5-8-23/h3-5,7-8,10-13,15,18,25H,6,9,14,16-17,19-21H2,1-2H3/t25-/m0/s1. The molecule has 5 heteroatoms. The predicted molar refractivity (Wildman–Crippen MR) is 136 cm³/mol. The van der Waals surface area contributed by atoms with Gasteiger partial charge in [0.1, 0.15) is 5.75 Å². The number of likely N-dealkylation sites (tertiary alicyclic amines) is 1. The Hall–Kier alpha value is -2.63. The quantitative estimate of drug-likeness (QED) is 0.411. The summed E-state index contributed by atoms with van der Waals surface area (Å²) in [6.07, 6.45) is 3.21. The van der Waals surface area contributed by atoms with Gasteiger partial charge in [-0.25, -0.2) is 0 Å². The van der Waals surface area contributed by atoms with Crippen LogP contribution in [0.4, 0.5) is 0 Å². The molecule has 0 spiro atoms. The van der Waals surface area contributed by atoms with E-state index in [4.69, 9.17) is 4.74 Å². The Kier molecular flexibility index (Phi) is 8.19. The fourth-order valence-electron chi connectivity index (χ4n) is 4.38. The fourth-order valence-corrected chi connectivity index (χ4v) is 5.27. The normalized spacial score (nSPS) is 16.2. The zero-order valence-electron chi connectivity index (χ0n) is 19.7. The number of aryl methyl sites for hydroxylation is 1. The van der Waals surface area contributed by atoms with Crippen LogP contribution in [0.1, 0.15) is 39.2 Å². The lowest BCUT2D eigenvalue weighted by Gasteiger charge is -2.32. The van der Waals surface area contributed by atoms with Crippen molar-refractivity contribution in [3.05, 3.63) is 87.6 Å². The molecule has 4 nitrogen and oxygen atoms in total. The van der Waals surface area contributed by atoms with Crippen LogP contribution in [0.15, 0.2) is 66.0 Å². The van der Waals surface area contributed by atoms with Crippen LogP contribution < -0.4 is 4.74 Å². The Bertz CT molecular complexity index is 1020. The van der Waals surface area contributed by atoms with Crippen LogP contribution >= 0.6 is 11.3 Å². The van der Waals surface area contributed by atoms with Gasteiger partial charge in [0.2, 0.25) is 0 Å². The van der Waals surface area contributed by atoms with Crippen LogP contribution in [0.25, 0.3) is 0 Å². The van der Waals surface area contributed by atoms with E-state index in [1.165, 1.54) is 11.1 Å². The lowest BCUT2D eigenvalue weighted by molar-refractivity contribution is 0.0637. The second kappa shape index (κ2) is 11.5. The number of likely N-dealkylation sites (N-methyl/N-ethyl adjacent to an activating group) is 1. The first-order valence-corrected chi connectivity index (χ1v) is 12.7. The number of rotatable bonds is 9. The minimum atomic E-state index is 0.174. The monoisotopic (exact) mass is 462 g/mol. The number of hydrogen-bond acceptors (Lipinski definition) is 4. The lowest BCUT2D eigenvalue weighted by atomic mass is 9.98. The lowest BCUT2D eigenvalue weighted by Crippen LogP contribution is -2.41. The van der Waals surface area contributed by atoms with Gasteiger partial charge in [0.25, 0.3) is 5.91 Å². The molecule has 1 fully saturated rings. The summed E-state index contributed by atoms with van der Waals surface area (Å²) in [4.78, 5) is 18.1. The zero-order chi connectivity index (χ0) is 23.0. The van der Waals surface area contributed by atoms with Gasteiger partial charge in [-0.15, -0.1) is 11.3 Å². The third-order valence-electron chi connectivity index (χ3n) is 6.35. The van der Waals surface area contributed by atoms with Crippen molar-refractivity contribution in [1.29, 1.82) is 0 Å². The molecule has 0 saturated carbocycles. The molecule has 3 aromatic rings. The smallest absolute Gasteiger partial charge is 0.264 e. The summed E-state index contributed by atoms with van der Waals surface area (Å²) in [5.41, 5.74) is 3.74. The summed E-state index contributed by atoms with van der Waals surface area (Å²) in [6.45, 7) is 6.25. The van der Waals surface area contributed by atoms with E-state index in [0.29, 0.717) is 12.5 Å². The van der Waals surface area contributed by atoms with Crippen LogP contribution in [0.3, 0.4) is 0 Å². The molecular weight excluding hydrogens is 428 g/mol. The topological polar surface area (TPSA) is 32.8 Å². The molecule has 2 heterocycles. The maximum atomic E-state index is 12.8. The van der Waals surface area contributed by atoms with Gasteiger partial charge in [0, 0.05) is 32.1 Å². The number of piperidine rings is 1. The molecule has 1 atom stereocenters. The van der Waals surface area contributed by atoms with Gasteiger partial charge >= 0.3 is 0 Å². The number of benzene rings is 2. The van der Waals surface area contributed by atoms with E-state index < -0.39 is 0 Å². The summed E-state index contributed by atoms with van der Waals surface area (Å²) < 4.78 is 6.10. The Morgan fingerprint density at radius 1 is 1.09 bits per heavy atom. The third kappa shape index (κ3) is 6.68. The highest BCUT2D eigenvalue weighted by Gasteiger charge is 2.26. The maximum absolute atomic E-state index is 12.8. The van der Waals surface area contributed by atoms with Gasteiger partial charge in [-0.3, -0.25) is 4.79 Å². The predicted octanol–water partition coefficient (Wildman–Crippen LogP) is 5.66. The highest BCUT2D eigenvalue weighted by Crippen LogP contribution is 2.24. The summed E-state index contributed by atoms with van der Waals surface area (Å²) in [7, 11) is 2.17. The second-order valence-electron chi connectivity index (χ2n) is 9.12. The molecule has 0 N–H and O–H groups in total. The van der Waals surface area contributed by atoms with Crippen molar-refractivity contribution in [1.82, 2.24) is 9.80 Å². The number of nitrogens with zero attached hydrogens (tertiary/aromatic N) is 2. The van der Waals surface area contributed by atoms with Gasteiger partial charge in [0.05, 0.1) is 11.5 Å². The molecule has 0 unspecified atom stereocenters. The molecule has 1 aliphatic heterocycles. The molecule has 1 aliphatic rings. The average molecular weight is 463 g/mol. The Balaban J connectivity index is 1.22. The molecule has 1 saturated heterocycles. The highest BCUT2D eigenvalue weighted by atomic mass is 32.1. The van der Waals surface area contributed by atoms with Gasteiger partial charge in [0.15, 0.2) is 0 Å². The number of ether oxygens (including phenoxy) is 1. The summed E-state index contributed by atoms with van der Waals surface area (Å²) in [6, 6.07) is 21.1.